The Kier molecular flexibility index (Phi) is 5.17. The van der Waals surface area contributed by atoms with E-state index in [0.29, 0.717) is 12.2 Å². The van der Waals surface area contributed by atoms with Crippen molar-refractivity contribution >= 4 is 11.9 Å². The molecule has 0 aromatic heterocycles. The van der Waals surface area contributed by atoms with Gasteiger partial charge in [-0.3, -0.25) is 4.79 Å². The van der Waals surface area contributed by atoms with E-state index in [1.165, 1.54) is 26.6 Å². The molecule has 0 fully saturated rings. The number of esters is 2. The van der Waals surface area contributed by atoms with Crippen LogP contribution in [0.5, 0.6) is 0 Å². The fourth-order valence-corrected chi connectivity index (χ4v) is 1.61. The molecular weight excluding hydrogens is 236 g/mol. The molecule has 0 amide bonds. The second-order valence-corrected chi connectivity index (χ2v) is 3.50. The van der Waals surface area contributed by atoms with Gasteiger partial charge in [0, 0.05) is 5.57 Å². The van der Waals surface area contributed by atoms with Gasteiger partial charge in [0.05, 0.1) is 32.7 Å². The van der Waals surface area contributed by atoms with Crippen LogP contribution in [0.4, 0.5) is 0 Å². The summed E-state index contributed by atoms with van der Waals surface area (Å²) < 4.78 is 14.5. The molecule has 0 aliphatic heterocycles. The van der Waals surface area contributed by atoms with Gasteiger partial charge >= 0.3 is 11.9 Å². The molecule has 0 aromatic carbocycles. The minimum absolute atomic E-state index is 0.234. The third kappa shape index (κ3) is 3.00. The zero-order valence-electron chi connectivity index (χ0n) is 10.6. The van der Waals surface area contributed by atoms with E-state index in [1.807, 2.05) is 6.92 Å². The Labute approximate surface area is 106 Å². The molecule has 0 heterocycles. The first kappa shape index (κ1) is 14.0. The van der Waals surface area contributed by atoms with Crippen LogP contribution in [0.25, 0.3) is 0 Å². The van der Waals surface area contributed by atoms with E-state index in [4.69, 9.17) is 9.47 Å². The largest absolute Gasteiger partial charge is 0.501 e. The highest BCUT2D eigenvalue weighted by atomic mass is 16.5. The molecule has 0 bridgehead atoms. The first-order chi connectivity index (χ1) is 8.65. The van der Waals surface area contributed by atoms with Crippen molar-refractivity contribution in [3.63, 3.8) is 0 Å². The highest BCUT2D eigenvalue weighted by molar-refractivity contribution is 5.98. The van der Waals surface area contributed by atoms with Gasteiger partial charge in [0.2, 0.25) is 0 Å². The molecule has 18 heavy (non-hydrogen) atoms. The number of carbonyl (C=O) groups excluding carboxylic acids is 2. The van der Waals surface area contributed by atoms with Crippen LogP contribution in [-0.4, -0.2) is 32.8 Å². The first-order valence-electron chi connectivity index (χ1n) is 5.51. The Hall–Kier alpha value is -2.04. The van der Waals surface area contributed by atoms with Crippen LogP contribution in [0.3, 0.4) is 0 Å². The van der Waals surface area contributed by atoms with Gasteiger partial charge in [-0.2, -0.15) is 0 Å². The van der Waals surface area contributed by atoms with Gasteiger partial charge in [0.1, 0.15) is 5.92 Å². The van der Waals surface area contributed by atoms with Crippen molar-refractivity contribution in [3.05, 3.63) is 35.6 Å². The second kappa shape index (κ2) is 6.64. The monoisotopic (exact) mass is 252 g/mol. The zero-order valence-corrected chi connectivity index (χ0v) is 10.6. The predicted molar refractivity (Wildman–Crippen MR) is 64.5 cm³/mol. The molecule has 1 rings (SSSR count). The summed E-state index contributed by atoms with van der Waals surface area (Å²) in [5.41, 5.74) is 0.796. The maximum atomic E-state index is 11.8. The van der Waals surface area contributed by atoms with Crippen molar-refractivity contribution in [1.82, 2.24) is 0 Å². The highest BCUT2D eigenvalue weighted by Gasteiger charge is 2.33. The van der Waals surface area contributed by atoms with Crippen LogP contribution in [-0.2, 0) is 23.8 Å². The van der Waals surface area contributed by atoms with E-state index in [0.717, 1.165) is 0 Å². The summed E-state index contributed by atoms with van der Waals surface area (Å²) in [6, 6.07) is 0. The number of hydrogen-bond acceptors (Lipinski definition) is 5. The fourth-order valence-electron chi connectivity index (χ4n) is 1.61. The Morgan fingerprint density at radius 1 is 1.33 bits per heavy atom. The number of ether oxygens (including phenoxy) is 3. The number of methoxy groups -OCH3 is 2. The summed E-state index contributed by atoms with van der Waals surface area (Å²) in [4.78, 5) is 23.4. The minimum atomic E-state index is -0.806. The average molecular weight is 252 g/mol. The minimum Gasteiger partial charge on any atom is -0.501 e. The van der Waals surface area contributed by atoms with Crippen molar-refractivity contribution in [2.45, 2.75) is 6.92 Å². The molecular formula is C13H16O5. The summed E-state index contributed by atoms with van der Waals surface area (Å²) >= 11 is 0. The van der Waals surface area contributed by atoms with Crippen molar-refractivity contribution in [2.75, 3.05) is 20.8 Å². The first-order valence-corrected chi connectivity index (χ1v) is 5.51. The molecule has 0 saturated heterocycles. The summed E-state index contributed by atoms with van der Waals surface area (Å²) in [5, 5.41) is 0. The molecule has 5 heteroatoms. The van der Waals surface area contributed by atoms with E-state index in [-0.39, 0.29) is 5.57 Å². The maximum Gasteiger partial charge on any atom is 0.334 e. The quantitative estimate of drug-likeness (QED) is 0.558. The molecule has 1 aliphatic carbocycles. The predicted octanol–water partition coefficient (Wildman–Crippen LogP) is 1.37. The number of allylic oxidation sites excluding steroid dienone is 3. The van der Waals surface area contributed by atoms with Crippen molar-refractivity contribution < 1.29 is 23.8 Å². The molecule has 98 valence electrons. The third-order valence-corrected chi connectivity index (χ3v) is 2.45. The molecule has 0 N–H and O–H groups in total. The Morgan fingerprint density at radius 3 is 2.61 bits per heavy atom. The van der Waals surface area contributed by atoms with Gasteiger partial charge in [-0.15, -0.1) is 0 Å². The van der Waals surface area contributed by atoms with Crippen LogP contribution in [0.15, 0.2) is 35.6 Å². The van der Waals surface area contributed by atoms with E-state index in [9.17, 15) is 9.59 Å². The summed E-state index contributed by atoms with van der Waals surface area (Å²) in [5.74, 6) is -1.89. The number of hydrogen-bond donors (Lipinski definition) is 0. The summed E-state index contributed by atoms with van der Waals surface area (Å²) in [7, 11) is 2.54. The Balaban J connectivity index is 3.10. The Morgan fingerprint density at radius 2 is 2.06 bits per heavy atom. The van der Waals surface area contributed by atoms with Gasteiger partial charge in [0.15, 0.2) is 0 Å². The van der Waals surface area contributed by atoms with Crippen molar-refractivity contribution in [1.29, 1.82) is 0 Å². The van der Waals surface area contributed by atoms with E-state index >= 15 is 0 Å². The Bertz CT molecular complexity index is 417. The lowest BCUT2D eigenvalue weighted by Crippen LogP contribution is -2.26. The van der Waals surface area contributed by atoms with Crippen molar-refractivity contribution in [2.24, 2.45) is 5.92 Å². The van der Waals surface area contributed by atoms with Gasteiger partial charge in [0.25, 0.3) is 0 Å². The van der Waals surface area contributed by atoms with E-state index < -0.39 is 17.9 Å². The van der Waals surface area contributed by atoms with Crippen LogP contribution < -0.4 is 0 Å². The van der Waals surface area contributed by atoms with Crippen LogP contribution in [0.1, 0.15) is 6.92 Å². The van der Waals surface area contributed by atoms with Crippen molar-refractivity contribution in [3.8, 4) is 0 Å². The third-order valence-electron chi connectivity index (χ3n) is 2.45. The van der Waals surface area contributed by atoms with Gasteiger partial charge in [-0.1, -0.05) is 18.2 Å². The average Bonchev–Trinajstić information content (AvgIpc) is 2.42. The lowest BCUT2D eigenvalue weighted by molar-refractivity contribution is -0.146. The lowest BCUT2D eigenvalue weighted by Gasteiger charge is -2.20. The molecule has 0 saturated carbocycles. The summed E-state index contributed by atoms with van der Waals surface area (Å²) in [6.45, 7) is 2.30. The van der Waals surface area contributed by atoms with Crippen LogP contribution in [0.2, 0.25) is 0 Å². The van der Waals surface area contributed by atoms with E-state index in [1.54, 1.807) is 12.2 Å². The fraction of sp³-hybridized carbons (Fsp3) is 0.385. The topological polar surface area (TPSA) is 61.8 Å². The van der Waals surface area contributed by atoms with Gasteiger partial charge in [-0.05, 0) is 6.92 Å². The standard InChI is InChI=1S/C13H16O5/c1-4-18-8-9-6-5-7-10(12(14)16-2)11(9)13(15)17-3/h5-8,11H,4H2,1-3H3. The normalized spacial score (nSPS) is 20.3. The molecule has 0 radical (unpaired) electrons. The molecule has 0 aromatic rings. The molecule has 1 aliphatic rings. The zero-order chi connectivity index (χ0) is 13.5. The molecule has 5 nitrogen and oxygen atoms in total. The van der Waals surface area contributed by atoms with E-state index in [2.05, 4.69) is 4.74 Å². The van der Waals surface area contributed by atoms with Crippen LogP contribution in [0, 0.1) is 5.92 Å². The molecule has 1 atom stereocenters. The smallest absolute Gasteiger partial charge is 0.334 e. The van der Waals surface area contributed by atoms with Gasteiger partial charge < -0.3 is 14.2 Å². The summed E-state index contributed by atoms with van der Waals surface area (Å²) in [6.07, 6.45) is 6.35. The van der Waals surface area contributed by atoms with Gasteiger partial charge in [-0.25, -0.2) is 4.79 Å². The molecule has 0 spiro atoms. The maximum absolute atomic E-state index is 11.8. The highest BCUT2D eigenvalue weighted by Crippen LogP contribution is 2.28. The number of carbonyl (C=O) groups is 2. The SMILES string of the molecule is CCOC=C1C=CC=C(C(=O)OC)C1C(=O)OC. The second-order valence-electron chi connectivity index (χ2n) is 3.50. The van der Waals surface area contributed by atoms with Crippen LogP contribution >= 0.6 is 0 Å². The molecule has 1 unspecified atom stereocenters. The lowest BCUT2D eigenvalue weighted by atomic mass is 9.87. The number of rotatable bonds is 4.